The summed E-state index contributed by atoms with van der Waals surface area (Å²) in [7, 11) is 1.30. The SMILES string of the molecule is COC(=O)c1cnc2c(C)cc(Cl)nn12. The lowest BCUT2D eigenvalue weighted by Crippen LogP contribution is -2.07. The van der Waals surface area contributed by atoms with Crippen molar-refractivity contribution in [1.29, 1.82) is 0 Å². The van der Waals surface area contributed by atoms with E-state index in [0.29, 0.717) is 10.8 Å². The second-order valence-electron chi connectivity index (χ2n) is 3.02. The number of carbonyl (C=O) groups excluding carboxylic acids is 1. The molecule has 78 valence electrons. The lowest BCUT2D eigenvalue weighted by atomic mass is 10.3. The van der Waals surface area contributed by atoms with Gasteiger partial charge in [0.1, 0.15) is 5.15 Å². The van der Waals surface area contributed by atoms with Crippen LogP contribution in [0.5, 0.6) is 0 Å². The number of halogens is 1. The number of aromatic nitrogens is 3. The molecule has 2 heterocycles. The molecule has 0 amide bonds. The highest BCUT2D eigenvalue weighted by Gasteiger charge is 2.14. The van der Waals surface area contributed by atoms with Gasteiger partial charge in [0.25, 0.3) is 0 Å². The molecular formula is C9H8ClN3O2. The average molecular weight is 226 g/mol. The van der Waals surface area contributed by atoms with Gasteiger partial charge in [-0.2, -0.15) is 5.10 Å². The van der Waals surface area contributed by atoms with Crippen LogP contribution >= 0.6 is 11.6 Å². The maximum Gasteiger partial charge on any atom is 0.358 e. The Morgan fingerprint density at radius 3 is 3.00 bits per heavy atom. The Morgan fingerprint density at radius 1 is 1.60 bits per heavy atom. The van der Waals surface area contributed by atoms with E-state index >= 15 is 0 Å². The first-order valence-electron chi connectivity index (χ1n) is 4.22. The molecule has 0 fully saturated rings. The number of hydrogen-bond donors (Lipinski definition) is 0. The second-order valence-corrected chi connectivity index (χ2v) is 3.41. The number of fused-ring (bicyclic) bond motifs is 1. The molecule has 0 saturated carbocycles. The fourth-order valence-electron chi connectivity index (χ4n) is 1.33. The van der Waals surface area contributed by atoms with E-state index in [4.69, 9.17) is 11.6 Å². The zero-order valence-electron chi connectivity index (χ0n) is 8.19. The third kappa shape index (κ3) is 1.55. The molecule has 0 atom stereocenters. The van der Waals surface area contributed by atoms with Crippen molar-refractivity contribution in [3.63, 3.8) is 0 Å². The zero-order chi connectivity index (χ0) is 11.0. The number of methoxy groups -OCH3 is 1. The molecule has 0 aliphatic carbocycles. The van der Waals surface area contributed by atoms with Crippen LogP contribution in [0.25, 0.3) is 5.65 Å². The second kappa shape index (κ2) is 3.51. The molecule has 0 N–H and O–H groups in total. The van der Waals surface area contributed by atoms with Gasteiger partial charge in [0.2, 0.25) is 0 Å². The Labute approximate surface area is 90.6 Å². The minimum absolute atomic E-state index is 0.262. The number of nitrogens with zero attached hydrogens (tertiary/aromatic N) is 3. The van der Waals surface area contributed by atoms with Gasteiger partial charge in [-0.25, -0.2) is 14.3 Å². The number of hydrogen-bond acceptors (Lipinski definition) is 4. The number of esters is 1. The Hall–Kier alpha value is -1.62. The topological polar surface area (TPSA) is 56.5 Å². The summed E-state index contributed by atoms with van der Waals surface area (Å²) in [5, 5.41) is 4.29. The lowest BCUT2D eigenvalue weighted by molar-refractivity contribution is 0.0591. The fourth-order valence-corrected chi connectivity index (χ4v) is 1.57. The molecule has 0 saturated heterocycles. The highest BCUT2D eigenvalue weighted by Crippen LogP contribution is 2.14. The van der Waals surface area contributed by atoms with Gasteiger partial charge >= 0.3 is 5.97 Å². The third-order valence-electron chi connectivity index (χ3n) is 2.02. The summed E-state index contributed by atoms with van der Waals surface area (Å²) in [6, 6.07) is 1.69. The summed E-state index contributed by atoms with van der Waals surface area (Å²) >= 11 is 5.79. The molecule has 2 aromatic heterocycles. The molecule has 0 bridgehead atoms. The summed E-state index contributed by atoms with van der Waals surface area (Å²) in [6.45, 7) is 1.84. The van der Waals surface area contributed by atoms with Crippen LogP contribution < -0.4 is 0 Å². The van der Waals surface area contributed by atoms with Gasteiger partial charge in [0.05, 0.1) is 13.3 Å². The summed E-state index contributed by atoms with van der Waals surface area (Å²) in [4.78, 5) is 15.4. The normalized spacial score (nSPS) is 10.6. The van der Waals surface area contributed by atoms with E-state index in [0.717, 1.165) is 5.56 Å². The van der Waals surface area contributed by atoms with Crippen LogP contribution in [-0.2, 0) is 4.74 Å². The van der Waals surface area contributed by atoms with E-state index in [2.05, 4.69) is 14.8 Å². The first kappa shape index (κ1) is 9.92. The Bertz CT molecular complexity index is 535. The Morgan fingerprint density at radius 2 is 2.33 bits per heavy atom. The standard InChI is InChI=1S/C9H8ClN3O2/c1-5-3-7(10)12-13-6(9(14)15-2)4-11-8(5)13/h3-4H,1-2H3. The van der Waals surface area contributed by atoms with Crippen molar-refractivity contribution >= 4 is 23.2 Å². The molecule has 2 rings (SSSR count). The van der Waals surface area contributed by atoms with E-state index in [1.807, 2.05) is 6.92 Å². The number of ether oxygens (including phenoxy) is 1. The Kier molecular flexibility index (Phi) is 2.32. The minimum Gasteiger partial charge on any atom is -0.464 e. The number of rotatable bonds is 1. The smallest absolute Gasteiger partial charge is 0.358 e. The van der Waals surface area contributed by atoms with Crippen LogP contribution in [-0.4, -0.2) is 27.7 Å². The van der Waals surface area contributed by atoms with Gasteiger partial charge in [0.15, 0.2) is 11.3 Å². The summed E-state index contributed by atoms with van der Waals surface area (Å²) in [6.07, 6.45) is 1.41. The van der Waals surface area contributed by atoms with E-state index in [9.17, 15) is 4.79 Å². The summed E-state index contributed by atoms with van der Waals surface area (Å²) < 4.78 is 5.98. The molecule has 5 nitrogen and oxygen atoms in total. The van der Waals surface area contributed by atoms with Crippen molar-refractivity contribution in [2.45, 2.75) is 6.92 Å². The van der Waals surface area contributed by atoms with Crippen LogP contribution in [0.3, 0.4) is 0 Å². The number of carbonyl (C=O) groups is 1. The first-order chi connectivity index (χ1) is 7.13. The third-order valence-corrected chi connectivity index (χ3v) is 2.20. The zero-order valence-corrected chi connectivity index (χ0v) is 8.95. The van der Waals surface area contributed by atoms with E-state index in [-0.39, 0.29) is 5.69 Å². The van der Waals surface area contributed by atoms with Crippen molar-refractivity contribution in [2.75, 3.05) is 7.11 Å². The monoisotopic (exact) mass is 225 g/mol. The van der Waals surface area contributed by atoms with Gasteiger partial charge in [-0.05, 0) is 18.6 Å². The largest absolute Gasteiger partial charge is 0.464 e. The highest BCUT2D eigenvalue weighted by molar-refractivity contribution is 6.29. The molecule has 0 aliphatic rings. The Balaban J connectivity index is 2.74. The van der Waals surface area contributed by atoms with Crippen molar-refractivity contribution in [2.24, 2.45) is 0 Å². The average Bonchev–Trinajstić information content (AvgIpc) is 2.60. The van der Waals surface area contributed by atoms with Gasteiger partial charge < -0.3 is 4.74 Å². The van der Waals surface area contributed by atoms with Crippen LogP contribution in [0, 0.1) is 6.92 Å². The maximum absolute atomic E-state index is 11.3. The van der Waals surface area contributed by atoms with Crippen molar-refractivity contribution in [3.8, 4) is 0 Å². The van der Waals surface area contributed by atoms with Crippen LogP contribution in [0.4, 0.5) is 0 Å². The maximum atomic E-state index is 11.3. The predicted octanol–water partition coefficient (Wildman–Crippen LogP) is 1.48. The molecule has 2 aromatic rings. The molecule has 0 spiro atoms. The van der Waals surface area contributed by atoms with Gasteiger partial charge in [-0.15, -0.1) is 0 Å². The molecule has 0 unspecified atom stereocenters. The number of aryl methyl sites for hydroxylation is 1. The van der Waals surface area contributed by atoms with Gasteiger partial charge in [-0.3, -0.25) is 0 Å². The predicted molar refractivity (Wildman–Crippen MR) is 54.1 cm³/mol. The van der Waals surface area contributed by atoms with Crippen molar-refractivity contribution in [1.82, 2.24) is 14.6 Å². The summed E-state index contributed by atoms with van der Waals surface area (Å²) in [5.41, 5.74) is 1.71. The van der Waals surface area contributed by atoms with Crippen molar-refractivity contribution in [3.05, 3.63) is 28.7 Å². The number of imidazole rings is 1. The summed E-state index contributed by atoms with van der Waals surface area (Å²) in [5.74, 6) is -0.489. The highest BCUT2D eigenvalue weighted by atomic mass is 35.5. The molecule has 0 radical (unpaired) electrons. The van der Waals surface area contributed by atoms with Gasteiger partial charge in [0, 0.05) is 0 Å². The van der Waals surface area contributed by atoms with Crippen LogP contribution in [0.2, 0.25) is 5.15 Å². The quantitative estimate of drug-likeness (QED) is 0.690. The van der Waals surface area contributed by atoms with E-state index < -0.39 is 5.97 Å². The van der Waals surface area contributed by atoms with Gasteiger partial charge in [-0.1, -0.05) is 11.6 Å². The molecular weight excluding hydrogens is 218 g/mol. The van der Waals surface area contributed by atoms with Crippen molar-refractivity contribution < 1.29 is 9.53 Å². The van der Waals surface area contributed by atoms with E-state index in [1.54, 1.807) is 6.07 Å². The molecule has 6 heteroatoms. The molecule has 15 heavy (non-hydrogen) atoms. The first-order valence-corrected chi connectivity index (χ1v) is 4.60. The van der Waals surface area contributed by atoms with Crippen LogP contribution in [0.1, 0.15) is 16.1 Å². The lowest BCUT2D eigenvalue weighted by Gasteiger charge is -2.00. The molecule has 0 aliphatic heterocycles. The molecule has 0 aromatic carbocycles. The fraction of sp³-hybridized carbons (Fsp3) is 0.222. The van der Waals surface area contributed by atoms with Crippen LogP contribution in [0.15, 0.2) is 12.3 Å². The minimum atomic E-state index is -0.489. The van der Waals surface area contributed by atoms with E-state index in [1.165, 1.54) is 17.8 Å².